The maximum atomic E-state index is 11.2. The quantitative estimate of drug-likeness (QED) is 0.356. The van der Waals surface area contributed by atoms with Crippen LogP contribution < -0.4 is 15.5 Å². The lowest BCUT2D eigenvalue weighted by Gasteiger charge is -2.33. The van der Waals surface area contributed by atoms with E-state index >= 15 is 0 Å². The van der Waals surface area contributed by atoms with Crippen molar-refractivity contribution in [3.63, 3.8) is 0 Å². The Bertz CT molecular complexity index is 1200. The van der Waals surface area contributed by atoms with Crippen LogP contribution in [0.1, 0.15) is 29.0 Å². The smallest absolute Gasteiger partial charge is 0.385 e. The molecule has 13 heteroatoms. The number of fused-ring (bicyclic) bond motifs is 3. The lowest BCUT2D eigenvalue weighted by molar-refractivity contribution is -0.193. The molecular formula is C26H26BrF6N3O3. The van der Waals surface area contributed by atoms with Gasteiger partial charge in [-0.25, -0.2) is 0 Å². The summed E-state index contributed by atoms with van der Waals surface area (Å²) in [6, 6.07) is 13.8. The summed E-state index contributed by atoms with van der Waals surface area (Å²) in [5.41, 5.74) is 6.90. The molecule has 212 valence electrons. The Morgan fingerprint density at radius 3 is 2.44 bits per heavy atom. The zero-order chi connectivity index (χ0) is 28.4. The molecule has 1 fully saturated rings. The molecule has 0 amide bonds. The topological polar surface area (TPSA) is 70.7 Å². The van der Waals surface area contributed by atoms with Crippen molar-refractivity contribution >= 4 is 38.9 Å². The summed E-state index contributed by atoms with van der Waals surface area (Å²) in [5, 5.41) is 7.27. The van der Waals surface area contributed by atoms with Crippen molar-refractivity contribution < 1.29 is 40.7 Å². The minimum Gasteiger partial charge on any atom is -0.385 e. The molecule has 2 atom stereocenters. The Kier molecular flexibility index (Phi) is 8.91. The third-order valence-electron chi connectivity index (χ3n) is 6.89. The largest absolute Gasteiger partial charge is 0.458 e. The monoisotopic (exact) mass is 621 g/mol. The molecule has 0 bridgehead atoms. The Morgan fingerprint density at radius 2 is 1.77 bits per heavy atom. The molecule has 0 radical (unpaired) electrons. The molecule has 0 saturated carbocycles. The number of piperidine rings is 1. The highest BCUT2D eigenvalue weighted by Gasteiger charge is 2.54. The number of hydrogen-bond acceptors (Lipinski definition) is 6. The third-order valence-corrected chi connectivity index (χ3v) is 7.66. The normalized spacial score (nSPS) is 20.2. The van der Waals surface area contributed by atoms with E-state index in [9.17, 15) is 35.9 Å². The predicted molar refractivity (Wildman–Crippen MR) is 136 cm³/mol. The minimum atomic E-state index is -5.77. The number of rotatable bonds is 5. The molecule has 39 heavy (non-hydrogen) atoms. The van der Waals surface area contributed by atoms with Crippen LogP contribution in [0.5, 0.6) is 0 Å². The van der Waals surface area contributed by atoms with Gasteiger partial charge in [0, 0.05) is 53.0 Å². The van der Waals surface area contributed by atoms with Gasteiger partial charge in [0.15, 0.2) is 0 Å². The molecule has 6 nitrogen and oxygen atoms in total. The zero-order valence-electron chi connectivity index (χ0n) is 20.6. The first-order chi connectivity index (χ1) is 18.4. The number of ketones is 2. The van der Waals surface area contributed by atoms with Crippen LogP contribution in [0.2, 0.25) is 0 Å². The number of nitrogens with zero attached hydrogens (tertiary/aromatic N) is 1. The zero-order valence-corrected chi connectivity index (χ0v) is 22.2. The number of benzene rings is 2. The molecule has 0 aromatic heterocycles. The highest BCUT2D eigenvalue weighted by Crippen LogP contribution is 2.47. The van der Waals surface area contributed by atoms with Crippen molar-refractivity contribution in [1.29, 1.82) is 0 Å². The van der Waals surface area contributed by atoms with Crippen molar-refractivity contribution in [1.82, 2.24) is 5.32 Å². The summed E-state index contributed by atoms with van der Waals surface area (Å²) in [7, 11) is 0. The summed E-state index contributed by atoms with van der Waals surface area (Å²) >= 11 is 3.65. The van der Waals surface area contributed by atoms with Gasteiger partial charge >= 0.3 is 23.9 Å². The van der Waals surface area contributed by atoms with Gasteiger partial charge in [-0.3, -0.25) is 9.59 Å². The van der Waals surface area contributed by atoms with Gasteiger partial charge in [0.2, 0.25) is 0 Å². The maximum absolute atomic E-state index is 11.2. The molecule has 3 heterocycles. The summed E-state index contributed by atoms with van der Waals surface area (Å²) in [4.78, 5) is 21.9. The third kappa shape index (κ3) is 6.75. The predicted octanol–water partition coefficient (Wildman–Crippen LogP) is 5.15. The average molecular weight is 622 g/mol. The Morgan fingerprint density at radius 1 is 1.08 bits per heavy atom. The van der Waals surface area contributed by atoms with E-state index in [1.165, 1.54) is 39.0 Å². The summed E-state index contributed by atoms with van der Waals surface area (Å²) in [6.45, 7) is 5.72. The van der Waals surface area contributed by atoms with Crippen LogP contribution in [0.15, 0.2) is 40.9 Å². The second-order valence-corrected chi connectivity index (χ2v) is 10.3. The number of nitrogens with one attached hydrogen (secondary N) is 2. The van der Waals surface area contributed by atoms with Crippen LogP contribution in [0.25, 0.3) is 0 Å². The maximum Gasteiger partial charge on any atom is 0.458 e. The van der Waals surface area contributed by atoms with E-state index in [0.29, 0.717) is 12.0 Å². The first-order valence-corrected chi connectivity index (χ1v) is 13.1. The second kappa shape index (κ2) is 11.8. The molecule has 0 spiro atoms. The Labute approximate surface area is 229 Å². The molecule has 0 aliphatic carbocycles. The van der Waals surface area contributed by atoms with Crippen LogP contribution in [0.3, 0.4) is 0 Å². The number of halogens is 7. The lowest BCUT2D eigenvalue weighted by Crippen LogP contribution is -2.44. The van der Waals surface area contributed by atoms with Gasteiger partial charge in [0.05, 0.1) is 13.2 Å². The van der Waals surface area contributed by atoms with Gasteiger partial charge in [0.25, 0.3) is 0 Å². The molecule has 2 N–H and O–H groups in total. The van der Waals surface area contributed by atoms with E-state index in [1.807, 2.05) is 0 Å². The first kappa shape index (κ1) is 29.3. The van der Waals surface area contributed by atoms with Crippen molar-refractivity contribution in [3.05, 3.63) is 57.6 Å². The molecule has 2 aromatic rings. The molecule has 3 aliphatic heterocycles. The van der Waals surface area contributed by atoms with Crippen LogP contribution >= 0.6 is 15.9 Å². The van der Waals surface area contributed by atoms with Crippen molar-refractivity contribution in [3.8, 4) is 0 Å². The number of hydrogen-bond donors (Lipinski definition) is 2. The summed E-state index contributed by atoms with van der Waals surface area (Å²) in [6.07, 6.45) is -9.31. The lowest BCUT2D eigenvalue weighted by atomic mass is 9.89. The summed E-state index contributed by atoms with van der Waals surface area (Å²) < 4.78 is 74.1. The van der Waals surface area contributed by atoms with Crippen LogP contribution in [0.4, 0.5) is 37.7 Å². The minimum absolute atomic E-state index is 0.607. The number of anilines is 2. The van der Waals surface area contributed by atoms with Gasteiger partial charge < -0.3 is 20.3 Å². The SMILES string of the molecule is Brc1ccccc1CCNc1cc2c3c(c1)[C@@H]1CNCC[C@@H]1N3CCOC2.O=C(C(=O)C(F)(F)F)C(F)(F)F. The van der Waals surface area contributed by atoms with Crippen LogP contribution in [0, 0.1) is 0 Å². The van der Waals surface area contributed by atoms with Gasteiger partial charge in [0.1, 0.15) is 0 Å². The fourth-order valence-electron chi connectivity index (χ4n) is 5.19. The summed E-state index contributed by atoms with van der Waals surface area (Å²) in [5.74, 6) is -6.21. The molecule has 1 saturated heterocycles. The number of Topliss-reactive ketones (excluding diaryl/α,β-unsaturated/α-hetero) is 2. The van der Waals surface area contributed by atoms with Crippen molar-refractivity contribution in [2.75, 3.05) is 43.0 Å². The highest BCUT2D eigenvalue weighted by molar-refractivity contribution is 9.10. The van der Waals surface area contributed by atoms with Gasteiger partial charge in [-0.05, 0) is 48.7 Å². The molecule has 3 aliphatic rings. The number of alkyl halides is 6. The standard InChI is InChI=1S/C22H26BrN3O.C4F6O2/c23-20-4-2-1-3-15(20)5-8-25-17-11-16-14-27-10-9-26-21-6-7-24-13-19(21)18(12-17)22(16)26;5-3(6,7)1(11)2(12)4(8,9)10/h1-4,11-12,19,21,24-25H,5-10,13-14H2;/t19-,21-;/m0./s1. The average Bonchev–Trinajstić information content (AvgIpc) is 3.03. The molecule has 0 unspecified atom stereocenters. The van der Waals surface area contributed by atoms with Crippen molar-refractivity contribution in [2.45, 2.75) is 43.8 Å². The number of carbonyl (C=O) groups is 2. The molecule has 2 aromatic carbocycles. The number of ether oxygens (including phenoxy) is 1. The van der Waals surface area contributed by atoms with Gasteiger partial charge in [-0.2, -0.15) is 26.3 Å². The first-order valence-electron chi connectivity index (χ1n) is 12.3. The highest BCUT2D eigenvalue weighted by atomic mass is 79.9. The molecule has 5 rings (SSSR count). The van der Waals surface area contributed by atoms with E-state index in [1.54, 1.807) is 0 Å². The van der Waals surface area contributed by atoms with E-state index in [4.69, 9.17) is 4.74 Å². The van der Waals surface area contributed by atoms with E-state index in [-0.39, 0.29) is 0 Å². The fourth-order valence-corrected chi connectivity index (χ4v) is 5.67. The molecular weight excluding hydrogens is 596 g/mol. The van der Waals surface area contributed by atoms with Crippen molar-refractivity contribution in [2.24, 2.45) is 0 Å². The second-order valence-electron chi connectivity index (χ2n) is 9.41. The van der Waals surface area contributed by atoms with E-state index in [0.717, 1.165) is 45.8 Å². The number of carbonyl (C=O) groups excluding carboxylic acids is 2. The van der Waals surface area contributed by atoms with Crippen LogP contribution in [-0.2, 0) is 27.4 Å². The van der Waals surface area contributed by atoms with E-state index in [2.05, 4.69) is 67.9 Å². The van der Waals surface area contributed by atoms with E-state index < -0.39 is 23.9 Å². The van der Waals surface area contributed by atoms with Crippen LogP contribution in [-0.4, -0.2) is 62.7 Å². The van der Waals surface area contributed by atoms with Gasteiger partial charge in [-0.15, -0.1) is 0 Å². The van der Waals surface area contributed by atoms with Gasteiger partial charge in [-0.1, -0.05) is 34.1 Å². The Balaban J connectivity index is 0.000000251. The fraction of sp³-hybridized carbons (Fsp3) is 0.462. The Hall–Kier alpha value is -2.64.